The summed E-state index contributed by atoms with van der Waals surface area (Å²) in [6.45, 7) is 4.48. The Balaban J connectivity index is 4.20. The number of hydrogen-bond acceptors (Lipinski definition) is 3. The molecular weight excluding hydrogens is 195 g/mol. The Bertz CT molecular complexity index is 213. The van der Waals surface area contributed by atoms with Gasteiger partial charge in [0.15, 0.2) is 6.30 Å². The standard InChI is InChI=1S/C10H21FN4/c1-9(7-13-3)14-8-15(10(2)11)6-4-5-12/h7-8,10,13H,4-6,12H2,1-3H3/b9-7+,14-8-. The summed E-state index contributed by atoms with van der Waals surface area (Å²) in [5.41, 5.74) is 6.17. The molecule has 0 saturated heterocycles. The molecule has 0 aliphatic carbocycles. The lowest BCUT2D eigenvalue weighted by Crippen LogP contribution is -2.30. The van der Waals surface area contributed by atoms with Gasteiger partial charge in [-0.2, -0.15) is 0 Å². The molecule has 3 N–H and O–H groups in total. The maximum Gasteiger partial charge on any atom is 0.170 e. The molecule has 0 bridgehead atoms. The molecule has 0 aromatic carbocycles. The molecule has 0 saturated carbocycles. The number of rotatable bonds is 7. The average Bonchev–Trinajstić information content (AvgIpc) is 2.17. The summed E-state index contributed by atoms with van der Waals surface area (Å²) in [6, 6.07) is 0. The predicted octanol–water partition coefficient (Wildman–Crippen LogP) is 1.06. The van der Waals surface area contributed by atoms with Crippen molar-refractivity contribution >= 4 is 6.34 Å². The van der Waals surface area contributed by atoms with E-state index >= 15 is 0 Å². The third-order valence-corrected chi connectivity index (χ3v) is 1.84. The van der Waals surface area contributed by atoms with Gasteiger partial charge in [0, 0.05) is 19.8 Å². The molecule has 1 atom stereocenters. The van der Waals surface area contributed by atoms with Gasteiger partial charge in [-0.15, -0.1) is 0 Å². The predicted molar refractivity (Wildman–Crippen MR) is 62.3 cm³/mol. The van der Waals surface area contributed by atoms with Crippen LogP contribution in [0.25, 0.3) is 0 Å². The molecule has 0 fully saturated rings. The summed E-state index contributed by atoms with van der Waals surface area (Å²) in [5, 5.41) is 2.86. The zero-order chi connectivity index (χ0) is 11.7. The van der Waals surface area contributed by atoms with Gasteiger partial charge in [-0.1, -0.05) is 0 Å². The number of nitrogens with one attached hydrogen (secondary N) is 1. The second kappa shape index (κ2) is 8.23. The number of alkyl halides is 1. The minimum Gasteiger partial charge on any atom is -0.393 e. The van der Waals surface area contributed by atoms with Crippen LogP contribution in [0.15, 0.2) is 16.9 Å². The van der Waals surface area contributed by atoms with Crippen LogP contribution in [0, 0.1) is 0 Å². The molecule has 0 aromatic heterocycles. The SMILES string of the molecule is CN/C=C(C)/N=C\N(CCCN)C(C)F. The van der Waals surface area contributed by atoms with Gasteiger partial charge >= 0.3 is 0 Å². The highest BCUT2D eigenvalue weighted by molar-refractivity contribution is 5.56. The van der Waals surface area contributed by atoms with Crippen LogP contribution in [-0.4, -0.2) is 37.7 Å². The number of nitrogens with zero attached hydrogens (tertiary/aromatic N) is 2. The Morgan fingerprint density at radius 2 is 2.33 bits per heavy atom. The fraction of sp³-hybridized carbons (Fsp3) is 0.700. The van der Waals surface area contributed by atoms with E-state index in [1.165, 1.54) is 18.2 Å². The first-order valence-electron chi connectivity index (χ1n) is 5.10. The van der Waals surface area contributed by atoms with E-state index in [4.69, 9.17) is 5.73 Å². The minimum atomic E-state index is -1.04. The normalized spacial score (nSPS) is 14.3. The maximum atomic E-state index is 13.1. The van der Waals surface area contributed by atoms with Crippen molar-refractivity contribution in [3.05, 3.63) is 11.9 Å². The van der Waals surface area contributed by atoms with Crippen LogP contribution in [0.4, 0.5) is 4.39 Å². The highest BCUT2D eigenvalue weighted by Crippen LogP contribution is 2.00. The number of nitrogens with two attached hydrogens (primary N) is 1. The Morgan fingerprint density at radius 3 is 2.80 bits per heavy atom. The van der Waals surface area contributed by atoms with Crippen molar-refractivity contribution in [3.8, 4) is 0 Å². The smallest absolute Gasteiger partial charge is 0.170 e. The van der Waals surface area contributed by atoms with Crippen LogP contribution in [0.2, 0.25) is 0 Å². The minimum absolute atomic E-state index is 0.558. The highest BCUT2D eigenvalue weighted by atomic mass is 19.1. The Morgan fingerprint density at radius 1 is 1.67 bits per heavy atom. The van der Waals surface area contributed by atoms with E-state index in [-0.39, 0.29) is 0 Å². The number of allylic oxidation sites excluding steroid dienone is 1. The second-order valence-corrected chi connectivity index (χ2v) is 3.27. The zero-order valence-corrected chi connectivity index (χ0v) is 9.70. The summed E-state index contributed by atoms with van der Waals surface area (Å²) in [6.07, 6.45) is 2.99. The fourth-order valence-corrected chi connectivity index (χ4v) is 1.01. The molecule has 0 rings (SSSR count). The third-order valence-electron chi connectivity index (χ3n) is 1.84. The lowest BCUT2D eigenvalue weighted by molar-refractivity contribution is 0.178. The topological polar surface area (TPSA) is 53.7 Å². The zero-order valence-electron chi connectivity index (χ0n) is 9.70. The molecule has 4 nitrogen and oxygen atoms in total. The van der Waals surface area contributed by atoms with Crippen LogP contribution in [0.1, 0.15) is 20.3 Å². The van der Waals surface area contributed by atoms with Crippen molar-refractivity contribution in [1.82, 2.24) is 10.2 Å². The van der Waals surface area contributed by atoms with E-state index in [0.29, 0.717) is 13.1 Å². The van der Waals surface area contributed by atoms with Crippen LogP contribution in [-0.2, 0) is 0 Å². The summed E-state index contributed by atoms with van der Waals surface area (Å²) in [4.78, 5) is 5.63. The second-order valence-electron chi connectivity index (χ2n) is 3.27. The number of halogens is 1. The average molecular weight is 216 g/mol. The van der Waals surface area contributed by atoms with E-state index in [2.05, 4.69) is 10.3 Å². The van der Waals surface area contributed by atoms with E-state index in [1.807, 2.05) is 6.92 Å². The van der Waals surface area contributed by atoms with Gasteiger partial charge < -0.3 is 16.0 Å². The molecular formula is C10H21FN4. The lowest BCUT2D eigenvalue weighted by Gasteiger charge is -2.20. The van der Waals surface area contributed by atoms with Gasteiger partial charge in [0.1, 0.15) is 0 Å². The van der Waals surface area contributed by atoms with Crippen molar-refractivity contribution in [3.63, 3.8) is 0 Å². The van der Waals surface area contributed by atoms with Crippen LogP contribution >= 0.6 is 0 Å². The van der Waals surface area contributed by atoms with Crippen molar-refractivity contribution in [2.75, 3.05) is 20.1 Å². The maximum absolute atomic E-state index is 13.1. The van der Waals surface area contributed by atoms with Crippen molar-refractivity contribution in [2.24, 2.45) is 10.7 Å². The molecule has 0 spiro atoms. The first kappa shape index (κ1) is 13.9. The molecule has 88 valence electrons. The van der Waals surface area contributed by atoms with Gasteiger partial charge in [0.25, 0.3) is 0 Å². The molecule has 0 radical (unpaired) electrons. The van der Waals surface area contributed by atoms with E-state index in [9.17, 15) is 4.39 Å². The first-order valence-corrected chi connectivity index (χ1v) is 5.10. The fourth-order valence-electron chi connectivity index (χ4n) is 1.01. The summed E-state index contributed by atoms with van der Waals surface area (Å²) < 4.78 is 13.1. The Kier molecular flexibility index (Phi) is 7.62. The number of aliphatic imine (C=N–C) groups is 1. The van der Waals surface area contributed by atoms with E-state index in [0.717, 1.165) is 12.1 Å². The van der Waals surface area contributed by atoms with Crippen molar-refractivity contribution in [2.45, 2.75) is 26.6 Å². The van der Waals surface area contributed by atoms with Gasteiger partial charge in [0.2, 0.25) is 0 Å². The summed E-state index contributed by atoms with van der Waals surface area (Å²) in [7, 11) is 1.79. The van der Waals surface area contributed by atoms with Crippen LogP contribution in [0.3, 0.4) is 0 Å². The molecule has 5 heteroatoms. The first-order chi connectivity index (χ1) is 7.11. The van der Waals surface area contributed by atoms with E-state index < -0.39 is 6.30 Å². The highest BCUT2D eigenvalue weighted by Gasteiger charge is 2.06. The largest absolute Gasteiger partial charge is 0.393 e. The van der Waals surface area contributed by atoms with Gasteiger partial charge in [-0.3, -0.25) is 0 Å². The lowest BCUT2D eigenvalue weighted by atomic mass is 10.4. The van der Waals surface area contributed by atoms with Gasteiger partial charge in [-0.25, -0.2) is 9.38 Å². The molecule has 1 unspecified atom stereocenters. The van der Waals surface area contributed by atoms with E-state index in [1.54, 1.807) is 13.2 Å². The van der Waals surface area contributed by atoms with Gasteiger partial charge in [0.05, 0.1) is 12.0 Å². The molecule has 0 amide bonds. The molecule has 0 aromatic rings. The monoisotopic (exact) mass is 216 g/mol. The van der Waals surface area contributed by atoms with Crippen molar-refractivity contribution in [1.29, 1.82) is 0 Å². The van der Waals surface area contributed by atoms with Gasteiger partial charge in [-0.05, 0) is 26.8 Å². The molecule has 0 heterocycles. The molecule has 0 aliphatic heterocycles. The Labute approximate surface area is 91.0 Å². The quantitative estimate of drug-likeness (QED) is 0.380. The summed E-state index contributed by atoms with van der Waals surface area (Å²) in [5.74, 6) is 0. The van der Waals surface area contributed by atoms with Crippen LogP contribution < -0.4 is 11.1 Å². The van der Waals surface area contributed by atoms with Crippen LogP contribution in [0.5, 0.6) is 0 Å². The number of hydrogen-bond donors (Lipinski definition) is 2. The molecule has 0 aliphatic rings. The Hall–Kier alpha value is -1.10. The van der Waals surface area contributed by atoms with Crippen molar-refractivity contribution < 1.29 is 4.39 Å². The third kappa shape index (κ3) is 6.90. The molecule has 15 heavy (non-hydrogen) atoms. The summed E-state index contributed by atoms with van der Waals surface area (Å²) >= 11 is 0.